The van der Waals surface area contributed by atoms with E-state index in [2.05, 4.69) is 15.5 Å². The van der Waals surface area contributed by atoms with Crippen LogP contribution in [0.1, 0.15) is 25.8 Å². The Kier molecular flexibility index (Phi) is 5.64. The van der Waals surface area contributed by atoms with Gasteiger partial charge in [-0.2, -0.15) is 0 Å². The lowest BCUT2D eigenvalue weighted by Crippen LogP contribution is -2.36. The van der Waals surface area contributed by atoms with Gasteiger partial charge in [-0.25, -0.2) is 0 Å². The number of morpholine rings is 1. The van der Waals surface area contributed by atoms with Gasteiger partial charge in [-0.15, -0.1) is 11.3 Å². The minimum Gasteiger partial charge on any atom is -0.459 e. The molecule has 3 aromatic rings. The smallest absolute Gasteiger partial charge is 0.291 e. The van der Waals surface area contributed by atoms with Gasteiger partial charge in [0, 0.05) is 24.5 Å². The Balaban J connectivity index is 1.40. The van der Waals surface area contributed by atoms with Gasteiger partial charge in [0.05, 0.1) is 29.4 Å². The number of hydrogen-bond acceptors (Lipinski definition) is 6. The van der Waals surface area contributed by atoms with Gasteiger partial charge >= 0.3 is 0 Å². The van der Waals surface area contributed by atoms with Gasteiger partial charge in [0.15, 0.2) is 5.76 Å². The minimum absolute atomic E-state index is 0.204. The topological polar surface area (TPSA) is 83.8 Å². The van der Waals surface area contributed by atoms with Crippen LogP contribution in [0.4, 0.5) is 16.4 Å². The molecule has 150 valence electrons. The molecule has 0 aliphatic carbocycles. The SMILES string of the molecule is Cc1cc(NC(=O)c2ccco2)sc1C(=O)Nc1ccc(N2CCOCC2)cc1. The van der Waals surface area contributed by atoms with Crippen LogP contribution in [0.3, 0.4) is 0 Å². The van der Waals surface area contributed by atoms with Crippen LogP contribution < -0.4 is 15.5 Å². The van der Waals surface area contributed by atoms with E-state index in [1.165, 1.54) is 17.6 Å². The lowest BCUT2D eigenvalue weighted by atomic mass is 10.2. The van der Waals surface area contributed by atoms with Gasteiger partial charge in [0.1, 0.15) is 0 Å². The number of benzene rings is 1. The molecule has 0 unspecified atom stereocenters. The van der Waals surface area contributed by atoms with Crippen molar-refractivity contribution in [1.29, 1.82) is 0 Å². The van der Waals surface area contributed by atoms with E-state index in [1.54, 1.807) is 18.2 Å². The molecule has 0 saturated carbocycles. The maximum Gasteiger partial charge on any atom is 0.291 e. The maximum atomic E-state index is 12.7. The summed E-state index contributed by atoms with van der Waals surface area (Å²) in [6.45, 7) is 5.04. The van der Waals surface area contributed by atoms with Crippen molar-refractivity contribution in [3.05, 3.63) is 64.9 Å². The Labute approximate surface area is 172 Å². The molecule has 1 saturated heterocycles. The van der Waals surface area contributed by atoms with Gasteiger partial charge in [-0.3, -0.25) is 9.59 Å². The molecule has 7 nitrogen and oxygen atoms in total. The van der Waals surface area contributed by atoms with E-state index in [9.17, 15) is 9.59 Å². The molecule has 8 heteroatoms. The Morgan fingerprint density at radius 2 is 1.79 bits per heavy atom. The Morgan fingerprint density at radius 1 is 1.03 bits per heavy atom. The molecule has 1 aliphatic heterocycles. The second-order valence-electron chi connectivity index (χ2n) is 6.65. The van der Waals surface area contributed by atoms with Crippen LogP contribution in [0.15, 0.2) is 53.1 Å². The summed E-state index contributed by atoms with van der Waals surface area (Å²) >= 11 is 1.23. The normalized spacial score (nSPS) is 13.9. The van der Waals surface area contributed by atoms with Crippen LogP contribution in [-0.2, 0) is 4.74 Å². The number of nitrogens with one attached hydrogen (secondary N) is 2. The molecule has 0 radical (unpaired) electrons. The fourth-order valence-corrected chi connectivity index (χ4v) is 4.08. The molecular formula is C21H21N3O4S. The average molecular weight is 411 g/mol. The van der Waals surface area contributed by atoms with Crippen LogP contribution in [0.25, 0.3) is 0 Å². The predicted molar refractivity (Wildman–Crippen MR) is 113 cm³/mol. The van der Waals surface area contributed by atoms with Crippen LogP contribution in [0.5, 0.6) is 0 Å². The zero-order valence-electron chi connectivity index (χ0n) is 15.9. The van der Waals surface area contributed by atoms with Crippen LogP contribution in [0, 0.1) is 6.92 Å². The second-order valence-corrected chi connectivity index (χ2v) is 7.71. The van der Waals surface area contributed by atoms with Gasteiger partial charge in [-0.1, -0.05) is 0 Å². The number of rotatable bonds is 5. The molecule has 0 bridgehead atoms. The first-order chi connectivity index (χ1) is 14.1. The number of furan rings is 1. The van der Waals surface area contributed by atoms with Gasteiger partial charge in [0.2, 0.25) is 0 Å². The highest BCUT2D eigenvalue weighted by atomic mass is 32.1. The van der Waals surface area contributed by atoms with Crippen molar-refractivity contribution < 1.29 is 18.7 Å². The average Bonchev–Trinajstić information content (AvgIpc) is 3.39. The number of carbonyl (C=O) groups is 2. The highest BCUT2D eigenvalue weighted by Gasteiger charge is 2.17. The summed E-state index contributed by atoms with van der Waals surface area (Å²) in [4.78, 5) is 27.6. The molecule has 1 fully saturated rings. The third kappa shape index (κ3) is 4.49. The monoisotopic (exact) mass is 411 g/mol. The molecular weight excluding hydrogens is 390 g/mol. The van der Waals surface area contributed by atoms with Gasteiger partial charge < -0.3 is 24.7 Å². The van der Waals surface area contributed by atoms with Crippen LogP contribution in [-0.4, -0.2) is 38.1 Å². The third-order valence-electron chi connectivity index (χ3n) is 4.61. The van der Waals surface area contributed by atoms with Gasteiger partial charge in [0.25, 0.3) is 11.8 Å². The van der Waals surface area contributed by atoms with E-state index < -0.39 is 0 Å². The third-order valence-corrected chi connectivity index (χ3v) is 5.76. The summed E-state index contributed by atoms with van der Waals surface area (Å²) < 4.78 is 10.5. The Hall–Kier alpha value is -3.10. The number of amides is 2. The zero-order valence-corrected chi connectivity index (χ0v) is 16.8. The van der Waals surface area contributed by atoms with Crippen molar-refractivity contribution >= 4 is 39.5 Å². The second kappa shape index (κ2) is 8.50. The number of aryl methyl sites for hydroxylation is 1. The van der Waals surface area contributed by atoms with Crippen LogP contribution >= 0.6 is 11.3 Å². The summed E-state index contributed by atoms with van der Waals surface area (Å²) in [5, 5.41) is 6.27. The van der Waals surface area contributed by atoms with E-state index in [-0.39, 0.29) is 17.6 Å². The number of nitrogens with zero attached hydrogens (tertiary/aromatic N) is 1. The molecule has 0 atom stereocenters. The molecule has 4 rings (SSSR count). The van der Waals surface area contributed by atoms with Gasteiger partial charge in [-0.05, 0) is 55.0 Å². The quantitative estimate of drug-likeness (QED) is 0.663. The highest BCUT2D eigenvalue weighted by molar-refractivity contribution is 7.18. The standard InChI is InChI=1S/C21H21N3O4S/c1-14-13-18(23-20(25)17-3-2-10-28-17)29-19(14)21(26)22-15-4-6-16(7-5-15)24-8-11-27-12-9-24/h2-7,10,13H,8-9,11-12H2,1H3,(H,22,26)(H,23,25). The fourth-order valence-electron chi connectivity index (χ4n) is 3.12. The van der Waals surface area contributed by atoms with Crippen molar-refractivity contribution in [3.8, 4) is 0 Å². The van der Waals surface area contributed by atoms with Crippen molar-refractivity contribution in [1.82, 2.24) is 0 Å². The lowest BCUT2D eigenvalue weighted by Gasteiger charge is -2.28. The molecule has 2 aromatic heterocycles. The Morgan fingerprint density at radius 3 is 2.48 bits per heavy atom. The van der Waals surface area contributed by atoms with E-state index in [0.29, 0.717) is 9.88 Å². The zero-order chi connectivity index (χ0) is 20.2. The predicted octanol–water partition coefficient (Wildman–Crippen LogP) is 3.99. The molecule has 2 N–H and O–H groups in total. The van der Waals surface area contributed by atoms with Crippen molar-refractivity contribution in [2.24, 2.45) is 0 Å². The highest BCUT2D eigenvalue weighted by Crippen LogP contribution is 2.28. The first kappa shape index (κ1) is 19.2. The lowest BCUT2D eigenvalue weighted by molar-refractivity contribution is 0.0995. The minimum atomic E-state index is -0.345. The Bertz CT molecular complexity index is 990. The van der Waals surface area contributed by atoms with Crippen LogP contribution in [0.2, 0.25) is 0 Å². The molecule has 1 aliphatic rings. The summed E-state index contributed by atoms with van der Waals surface area (Å²) in [6.07, 6.45) is 1.44. The number of thiophene rings is 1. The van der Waals surface area contributed by atoms with Crippen molar-refractivity contribution in [3.63, 3.8) is 0 Å². The summed E-state index contributed by atoms with van der Waals surface area (Å²) in [5.74, 6) is -0.325. The van der Waals surface area contributed by atoms with Crippen molar-refractivity contribution in [2.75, 3.05) is 41.8 Å². The van der Waals surface area contributed by atoms with Crippen molar-refractivity contribution in [2.45, 2.75) is 6.92 Å². The van der Waals surface area contributed by atoms with E-state index >= 15 is 0 Å². The van der Waals surface area contributed by atoms with E-state index in [0.717, 1.165) is 43.2 Å². The summed E-state index contributed by atoms with van der Waals surface area (Å²) in [7, 11) is 0. The first-order valence-corrected chi connectivity index (χ1v) is 10.1. The molecule has 3 heterocycles. The first-order valence-electron chi connectivity index (χ1n) is 9.29. The number of ether oxygens (including phenoxy) is 1. The van der Waals surface area contributed by atoms with E-state index in [4.69, 9.17) is 9.15 Å². The number of carbonyl (C=O) groups excluding carboxylic acids is 2. The number of hydrogen-bond donors (Lipinski definition) is 2. The molecule has 29 heavy (non-hydrogen) atoms. The summed E-state index contributed by atoms with van der Waals surface area (Å²) in [5.41, 5.74) is 2.63. The largest absolute Gasteiger partial charge is 0.459 e. The summed E-state index contributed by atoms with van der Waals surface area (Å²) in [6, 6.07) is 12.8. The molecule has 2 amide bonds. The molecule has 1 aromatic carbocycles. The van der Waals surface area contributed by atoms with E-state index in [1.807, 2.05) is 31.2 Å². The fraction of sp³-hybridized carbons (Fsp3) is 0.238. The molecule has 0 spiro atoms. The number of anilines is 3. The maximum absolute atomic E-state index is 12.7.